The molecule has 0 aromatic heterocycles. The zero-order valence-electron chi connectivity index (χ0n) is 12.8. The summed E-state index contributed by atoms with van der Waals surface area (Å²) in [7, 11) is 0. The van der Waals surface area contributed by atoms with Crippen LogP contribution in [0, 0.1) is 11.6 Å². The number of likely N-dealkylation sites (tertiary alicyclic amines) is 1. The lowest BCUT2D eigenvalue weighted by Gasteiger charge is -2.24. The maximum absolute atomic E-state index is 13.8. The molecule has 2 amide bonds. The molecule has 0 aliphatic carbocycles. The second-order valence-electron chi connectivity index (χ2n) is 5.64. The molecule has 0 spiro atoms. The summed E-state index contributed by atoms with van der Waals surface area (Å²) in [4.78, 5) is 26.3. The molecule has 1 aliphatic heterocycles. The van der Waals surface area contributed by atoms with Crippen LogP contribution in [-0.2, 0) is 4.79 Å². The molecule has 124 valence electrons. The van der Waals surface area contributed by atoms with E-state index < -0.39 is 29.5 Å². The fraction of sp³-hybridized carbons (Fsp3) is 0.222. The van der Waals surface area contributed by atoms with Gasteiger partial charge in [0.25, 0.3) is 5.91 Å². The first-order valence-electron chi connectivity index (χ1n) is 7.68. The van der Waals surface area contributed by atoms with Crippen LogP contribution in [0.4, 0.5) is 14.5 Å². The number of nitrogens with one attached hydrogen (secondary N) is 1. The fourth-order valence-electron chi connectivity index (χ4n) is 2.86. The zero-order chi connectivity index (χ0) is 17.1. The van der Waals surface area contributed by atoms with E-state index in [2.05, 4.69) is 5.32 Å². The number of nitrogens with zero attached hydrogens (tertiary/aromatic N) is 1. The Morgan fingerprint density at radius 2 is 1.88 bits per heavy atom. The van der Waals surface area contributed by atoms with Crippen LogP contribution in [0.25, 0.3) is 0 Å². The van der Waals surface area contributed by atoms with E-state index in [0.29, 0.717) is 25.1 Å². The SMILES string of the molecule is O=C(Nc1cccc(F)c1)[C@H]1CCCN1C(=O)c1ccccc1F. The Balaban J connectivity index is 1.76. The Labute approximate surface area is 138 Å². The summed E-state index contributed by atoms with van der Waals surface area (Å²) in [6.07, 6.45) is 1.14. The lowest BCUT2D eigenvalue weighted by Crippen LogP contribution is -2.43. The minimum atomic E-state index is -0.694. The highest BCUT2D eigenvalue weighted by molar-refractivity contribution is 6.01. The standard InChI is InChI=1S/C18H16F2N2O2/c19-12-5-3-6-13(11-12)21-17(23)16-9-4-10-22(16)18(24)14-7-1-2-8-15(14)20/h1-3,5-8,11,16H,4,9-10H2,(H,21,23)/t16-/m1/s1. The molecule has 1 atom stereocenters. The van der Waals surface area contributed by atoms with E-state index in [1.807, 2.05) is 0 Å². The van der Waals surface area contributed by atoms with Crippen LogP contribution in [0.5, 0.6) is 0 Å². The molecule has 6 heteroatoms. The van der Waals surface area contributed by atoms with Crippen molar-refractivity contribution in [3.63, 3.8) is 0 Å². The highest BCUT2D eigenvalue weighted by atomic mass is 19.1. The van der Waals surface area contributed by atoms with E-state index in [-0.39, 0.29) is 5.56 Å². The highest BCUT2D eigenvalue weighted by Crippen LogP contribution is 2.23. The van der Waals surface area contributed by atoms with Crippen molar-refractivity contribution in [2.75, 3.05) is 11.9 Å². The van der Waals surface area contributed by atoms with Gasteiger partial charge in [-0.2, -0.15) is 0 Å². The van der Waals surface area contributed by atoms with Crippen LogP contribution in [-0.4, -0.2) is 29.3 Å². The van der Waals surface area contributed by atoms with Gasteiger partial charge in [0.15, 0.2) is 0 Å². The Bertz CT molecular complexity index is 779. The highest BCUT2D eigenvalue weighted by Gasteiger charge is 2.35. The molecule has 1 heterocycles. The molecule has 2 aromatic rings. The lowest BCUT2D eigenvalue weighted by atomic mass is 10.1. The quantitative estimate of drug-likeness (QED) is 0.939. The number of hydrogen-bond acceptors (Lipinski definition) is 2. The Kier molecular flexibility index (Phi) is 4.55. The van der Waals surface area contributed by atoms with Gasteiger partial charge in [0, 0.05) is 12.2 Å². The maximum Gasteiger partial charge on any atom is 0.257 e. The third kappa shape index (κ3) is 3.27. The second-order valence-corrected chi connectivity index (χ2v) is 5.64. The van der Waals surface area contributed by atoms with E-state index in [1.54, 1.807) is 12.1 Å². The number of amides is 2. The molecule has 1 saturated heterocycles. The molecule has 0 saturated carbocycles. The number of carbonyl (C=O) groups is 2. The predicted octanol–water partition coefficient (Wildman–Crippen LogP) is 3.21. The number of halogens is 2. The van der Waals surface area contributed by atoms with Gasteiger partial charge < -0.3 is 10.2 Å². The summed E-state index contributed by atoms with van der Waals surface area (Å²) < 4.78 is 27.0. The monoisotopic (exact) mass is 330 g/mol. The minimum Gasteiger partial charge on any atom is -0.327 e. The van der Waals surface area contributed by atoms with Gasteiger partial charge in [-0.15, -0.1) is 0 Å². The van der Waals surface area contributed by atoms with E-state index in [0.717, 1.165) is 0 Å². The van der Waals surface area contributed by atoms with Crippen LogP contribution in [0.2, 0.25) is 0 Å². The molecule has 0 bridgehead atoms. The average molecular weight is 330 g/mol. The molecule has 3 rings (SSSR count). The normalized spacial score (nSPS) is 16.9. The van der Waals surface area contributed by atoms with Crippen LogP contribution < -0.4 is 5.32 Å². The van der Waals surface area contributed by atoms with E-state index in [1.165, 1.54) is 41.3 Å². The summed E-state index contributed by atoms with van der Waals surface area (Å²) in [5.74, 6) is -1.98. The number of benzene rings is 2. The van der Waals surface area contributed by atoms with Gasteiger partial charge in [-0.3, -0.25) is 9.59 Å². The molecule has 0 radical (unpaired) electrons. The second kappa shape index (κ2) is 6.78. The van der Waals surface area contributed by atoms with Crippen molar-refractivity contribution in [3.05, 3.63) is 65.7 Å². The van der Waals surface area contributed by atoms with Crippen molar-refractivity contribution >= 4 is 17.5 Å². The molecular formula is C18H16F2N2O2. The third-order valence-electron chi connectivity index (χ3n) is 4.01. The Hall–Kier alpha value is -2.76. The maximum atomic E-state index is 13.8. The molecule has 1 fully saturated rings. The molecule has 24 heavy (non-hydrogen) atoms. The van der Waals surface area contributed by atoms with Gasteiger partial charge in [0.1, 0.15) is 17.7 Å². The molecule has 0 unspecified atom stereocenters. The lowest BCUT2D eigenvalue weighted by molar-refractivity contribution is -0.119. The van der Waals surface area contributed by atoms with Crippen LogP contribution >= 0.6 is 0 Å². The van der Waals surface area contributed by atoms with Gasteiger partial charge in [0.05, 0.1) is 5.56 Å². The van der Waals surface area contributed by atoms with Crippen molar-refractivity contribution in [1.82, 2.24) is 4.90 Å². The Morgan fingerprint density at radius 1 is 1.08 bits per heavy atom. The number of rotatable bonds is 3. The zero-order valence-corrected chi connectivity index (χ0v) is 12.8. The number of hydrogen-bond donors (Lipinski definition) is 1. The van der Waals surface area contributed by atoms with Crippen molar-refractivity contribution < 1.29 is 18.4 Å². The van der Waals surface area contributed by atoms with E-state index in [4.69, 9.17) is 0 Å². The van der Waals surface area contributed by atoms with Gasteiger partial charge in [-0.1, -0.05) is 18.2 Å². The summed E-state index contributed by atoms with van der Waals surface area (Å²) in [6.45, 7) is 0.383. The van der Waals surface area contributed by atoms with Crippen molar-refractivity contribution in [1.29, 1.82) is 0 Å². The topological polar surface area (TPSA) is 49.4 Å². The summed E-state index contributed by atoms with van der Waals surface area (Å²) in [5, 5.41) is 2.61. The number of carbonyl (C=O) groups excluding carboxylic acids is 2. The van der Waals surface area contributed by atoms with Crippen LogP contribution in [0.1, 0.15) is 23.2 Å². The Morgan fingerprint density at radius 3 is 2.62 bits per heavy atom. The summed E-state index contributed by atoms with van der Waals surface area (Å²) >= 11 is 0. The van der Waals surface area contributed by atoms with Gasteiger partial charge >= 0.3 is 0 Å². The molecular weight excluding hydrogens is 314 g/mol. The molecule has 1 aliphatic rings. The number of anilines is 1. The molecule has 1 N–H and O–H groups in total. The smallest absolute Gasteiger partial charge is 0.257 e. The largest absolute Gasteiger partial charge is 0.327 e. The van der Waals surface area contributed by atoms with Crippen molar-refractivity contribution in [3.8, 4) is 0 Å². The minimum absolute atomic E-state index is 0.0528. The third-order valence-corrected chi connectivity index (χ3v) is 4.01. The van der Waals surface area contributed by atoms with E-state index >= 15 is 0 Å². The first-order valence-corrected chi connectivity index (χ1v) is 7.68. The fourth-order valence-corrected chi connectivity index (χ4v) is 2.86. The summed E-state index contributed by atoms with van der Waals surface area (Å²) in [6, 6.07) is 10.5. The van der Waals surface area contributed by atoms with Gasteiger partial charge in [-0.25, -0.2) is 8.78 Å². The molecule has 4 nitrogen and oxygen atoms in total. The predicted molar refractivity (Wildman–Crippen MR) is 85.5 cm³/mol. The van der Waals surface area contributed by atoms with E-state index in [9.17, 15) is 18.4 Å². The molecule has 2 aromatic carbocycles. The van der Waals surface area contributed by atoms with Crippen molar-refractivity contribution in [2.24, 2.45) is 0 Å². The van der Waals surface area contributed by atoms with Crippen LogP contribution in [0.15, 0.2) is 48.5 Å². The van der Waals surface area contributed by atoms with Crippen LogP contribution in [0.3, 0.4) is 0 Å². The van der Waals surface area contributed by atoms with Crippen molar-refractivity contribution in [2.45, 2.75) is 18.9 Å². The van der Waals surface area contributed by atoms with Gasteiger partial charge in [-0.05, 0) is 43.2 Å². The van der Waals surface area contributed by atoms with Gasteiger partial charge in [0.2, 0.25) is 5.91 Å². The first kappa shape index (κ1) is 16.1. The summed E-state index contributed by atoms with van der Waals surface area (Å²) in [5.41, 5.74) is 0.271. The average Bonchev–Trinajstić information content (AvgIpc) is 3.04. The first-order chi connectivity index (χ1) is 11.6.